The molecule has 0 aliphatic carbocycles. The average Bonchev–Trinajstić information content (AvgIpc) is 1.31. The maximum Gasteiger partial charge on any atom is 0.112 e. The van der Waals surface area contributed by atoms with E-state index in [1.807, 2.05) is 6.26 Å². The molecule has 1 rings (SSSR count). The molecule has 0 fully saturated rings. The first-order chi connectivity index (χ1) is 2.93. The maximum absolute atomic E-state index is 4.76. The molecule has 0 N–H and O–H groups in total. The van der Waals surface area contributed by atoms with E-state index in [0.717, 1.165) is 13.0 Å². The van der Waals surface area contributed by atoms with E-state index < -0.39 is 0 Å². The molecule has 1 aliphatic rings. The van der Waals surface area contributed by atoms with Crippen LogP contribution >= 0.6 is 0 Å². The summed E-state index contributed by atoms with van der Waals surface area (Å²) in [6.07, 6.45) is 2.97. The van der Waals surface area contributed by atoms with Gasteiger partial charge in [-0.2, -0.15) is 0 Å². The van der Waals surface area contributed by atoms with E-state index in [-0.39, 0.29) is 0 Å². The van der Waals surface area contributed by atoms with Crippen molar-refractivity contribution in [3.8, 4) is 0 Å². The fraction of sp³-hybridized carbons (Fsp3) is 0.600. The molecule has 0 unspecified atom stereocenters. The lowest BCUT2D eigenvalue weighted by Crippen LogP contribution is -2.02. The van der Waals surface area contributed by atoms with Gasteiger partial charge in [0.2, 0.25) is 0 Å². The van der Waals surface area contributed by atoms with Crippen LogP contribution in [0.1, 0.15) is 13.3 Å². The summed E-state index contributed by atoms with van der Waals surface area (Å²) in [7, 11) is 0. The van der Waals surface area contributed by atoms with Gasteiger partial charge in [-0.3, -0.25) is 0 Å². The minimum absolute atomic E-state index is 0.872. The smallest absolute Gasteiger partial charge is 0.112 e. The highest BCUT2D eigenvalue weighted by molar-refractivity contribution is 5.04. The van der Waals surface area contributed by atoms with E-state index in [4.69, 9.17) is 4.74 Å². The monoisotopic (exact) mass is 84.1 g/mol. The van der Waals surface area contributed by atoms with Crippen molar-refractivity contribution in [3.05, 3.63) is 11.8 Å². The van der Waals surface area contributed by atoms with Crippen molar-refractivity contribution in [2.24, 2.45) is 0 Å². The Kier molecular flexibility index (Phi) is 0.825. The molecular formula is C5H8O. The van der Waals surface area contributed by atoms with Crippen LogP contribution in [0.5, 0.6) is 0 Å². The first kappa shape index (κ1) is 3.72. The summed E-state index contributed by atoms with van der Waals surface area (Å²) in [6, 6.07) is 0. The Balaban J connectivity index is 2.32. The van der Waals surface area contributed by atoms with Crippen LogP contribution < -0.4 is 0 Å². The summed E-state index contributed by atoms with van der Waals surface area (Å²) in [5.41, 5.74) is 1.43. The van der Waals surface area contributed by atoms with Crippen molar-refractivity contribution in [1.82, 2.24) is 0 Å². The Morgan fingerprint density at radius 1 is 2.00 bits per heavy atom. The number of ether oxygens (including phenoxy) is 1. The van der Waals surface area contributed by atoms with Gasteiger partial charge >= 0.3 is 0 Å². The largest absolute Gasteiger partial charge is 0.497 e. The molecule has 0 aromatic heterocycles. The lowest BCUT2D eigenvalue weighted by Gasteiger charge is -2.12. The normalized spacial score (nSPS) is 17.8. The zero-order valence-corrected chi connectivity index (χ0v) is 3.90. The van der Waals surface area contributed by atoms with E-state index in [9.17, 15) is 0 Å². The maximum atomic E-state index is 4.76. The van der Waals surface area contributed by atoms with Crippen LogP contribution in [0.2, 0.25) is 0 Å². The van der Waals surface area contributed by atoms with Crippen molar-refractivity contribution in [2.45, 2.75) is 13.3 Å². The van der Waals surface area contributed by atoms with Gasteiger partial charge in [0.15, 0.2) is 0 Å². The van der Waals surface area contributed by atoms with Crippen LogP contribution in [0.3, 0.4) is 0 Å². The van der Waals surface area contributed by atoms with Crippen molar-refractivity contribution in [3.63, 3.8) is 0 Å². The standard InChI is InChI=1S/C5H8O/c1-2-5-3-6-4-5/h3H,2,4H2,1H3. The number of hydrogen-bond donors (Lipinski definition) is 0. The van der Waals surface area contributed by atoms with Crippen LogP contribution in [0.4, 0.5) is 0 Å². The van der Waals surface area contributed by atoms with Gasteiger partial charge < -0.3 is 4.74 Å². The van der Waals surface area contributed by atoms with Gasteiger partial charge in [0.1, 0.15) is 6.61 Å². The highest BCUT2D eigenvalue weighted by Gasteiger charge is 2.00. The zero-order valence-electron chi connectivity index (χ0n) is 3.90. The number of rotatable bonds is 1. The van der Waals surface area contributed by atoms with Gasteiger partial charge in [-0.25, -0.2) is 0 Å². The summed E-state index contributed by atoms with van der Waals surface area (Å²) in [5, 5.41) is 0. The zero-order chi connectivity index (χ0) is 4.41. The first-order valence-electron chi connectivity index (χ1n) is 2.23. The molecule has 1 heterocycles. The van der Waals surface area contributed by atoms with Crippen molar-refractivity contribution < 1.29 is 4.74 Å². The van der Waals surface area contributed by atoms with E-state index in [1.54, 1.807) is 0 Å². The lowest BCUT2D eigenvalue weighted by molar-refractivity contribution is 0.219. The summed E-state index contributed by atoms with van der Waals surface area (Å²) in [6.45, 7) is 3.00. The Morgan fingerprint density at radius 3 is 2.67 bits per heavy atom. The fourth-order valence-electron chi connectivity index (χ4n) is 0.387. The van der Waals surface area contributed by atoms with Crippen LogP contribution in [-0.4, -0.2) is 6.61 Å². The average molecular weight is 84.1 g/mol. The molecule has 0 atom stereocenters. The SMILES string of the molecule is CCC1=COC1. The van der Waals surface area contributed by atoms with Crippen molar-refractivity contribution in [2.75, 3.05) is 6.61 Å². The highest BCUT2D eigenvalue weighted by atomic mass is 16.5. The Labute approximate surface area is 37.6 Å². The fourth-order valence-corrected chi connectivity index (χ4v) is 0.387. The van der Waals surface area contributed by atoms with E-state index in [0.29, 0.717) is 0 Å². The number of hydrogen-bond acceptors (Lipinski definition) is 1. The van der Waals surface area contributed by atoms with E-state index in [1.165, 1.54) is 5.57 Å². The van der Waals surface area contributed by atoms with Crippen LogP contribution in [0.25, 0.3) is 0 Å². The van der Waals surface area contributed by atoms with Gasteiger partial charge in [0, 0.05) is 5.57 Å². The first-order valence-corrected chi connectivity index (χ1v) is 2.23. The second-order valence-corrected chi connectivity index (χ2v) is 1.44. The minimum Gasteiger partial charge on any atom is -0.497 e. The van der Waals surface area contributed by atoms with Gasteiger partial charge in [-0.15, -0.1) is 0 Å². The molecule has 0 saturated carbocycles. The third-order valence-corrected chi connectivity index (χ3v) is 0.973. The van der Waals surface area contributed by atoms with Gasteiger partial charge in [-0.05, 0) is 6.42 Å². The van der Waals surface area contributed by atoms with Gasteiger partial charge in [0.25, 0.3) is 0 Å². The van der Waals surface area contributed by atoms with Crippen LogP contribution in [-0.2, 0) is 4.74 Å². The van der Waals surface area contributed by atoms with Gasteiger partial charge in [-0.1, -0.05) is 6.92 Å². The summed E-state index contributed by atoms with van der Waals surface area (Å²) in [5.74, 6) is 0. The molecule has 1 nitrogen and oxygen atoms in total. The van der Waals surface area contributed by atoms with E-state index in [2.05, 4.69) is 6.92 Å². The van der Waals surface area contributed by atoms with Crippen molar-refractivity contribution >= 4 is 0 Å². The lowest BCUT2D eigenvalue weighted by atomic mass is 10.2. The van der Waals surface area contributed by atoms with E-state index >= 15 is 0 Å². The molecule has 1 heteroatoms. The summed E-state index contributed by atoms with van der Waals surface area (Å²) < 4.78 is 4.76. The predicted molar refractivity (Wildman–Crippen MR) is 24.3 cm³/mol. The third kappa shape index (κ3) is 0.402. The molecule has 1 aliphatic heterocycles. The van der Waals surface area contributed by atoms with Crippen LogP contribution in [0.15, 0.2) is 11.8 Å². The summed E-state index contributed by atoms with van der Waals surface area (Å²) in [4.78, 5) is 0. The second-order valence-electron chi connectivity index (χ2n) is 1.44. The molecule has 0 aromatic carbocycles. The molecule has 0 spiro atoms. The minimum atomic E-state index is 0.872. The predicted octanol–water partition coefficient (Wildman–Crippen LogP) is 1.31. The Hall–Kier alpha value is -0.460. The second kappa shape index (κ2) is 1.33. The highest BCUT2D eigenvalue weighted by Crippen LogP contribution is 2.09. The third-order valence-electron chi connectivity index (χ3n) is 0.973. The summed E-state index contributed by atoms with van der Waals surface area (Å²) >= 11 is 0. The van der Waals surface area contributed by atoms with Crippen LogP contribution in [0, 0.1) is 0 Å². The molecule has 34 valence electrons. The molecule has 0 aromatic rings. The molecule has 0 bridgehead atoms. The van der Waals surface area contributed by atoms with Gasteiger partial charge in [0.05, 0.1) is 6.26 Å². The quantitative estimate of drug-likeness (QED) is 0.465. The molecular weight excluding hydrogens is 76.1 g/mol. The molecule has 0 amide bonds. The Bertz CT molecular complexity index is 74.0. The Morgan fingerprint density at radius 2 is 2.67 bits per heavy atom. The van der Waals surface area contributed by atoms with Crippen molar-refractivity contribution in [1.29, 1.82) is 0 Å². The molecule has 0 radical (unpaired) electrons. The molecule has 0 saturated heterocycles. The molecule has 6 heavy (non-hydrogen) atoms. The topological polar surface area (TPSA) is 9.23 Å².